The lowest BCUT2D eigenvalue weighted by atomic mass is 10.1. The van der Waals surface area contributed by atoms with E-state index in [1.165, 1.54) is 24.8 Å². The molecule has 2 aromatic carbocycles. The average Bonchev–Trinajstić information content (AvgIpc) is 2.69. The molecule has 144 valence electrons. The molecule has 27 heavy (non-hydrogen) atoms. The zero-order valence-electron chi connectivity index (χ0n) is 16.1. The Hall–Kier alpha value is -2.86. The van der Waals surface area contributed by atoms with Crippen molar-refractivity contribution in [3.05, 3.63) is 64.7 Å². The maximum Gasteiger partial charge on any atom is 0.337 e. The molecule has 0 unspecified atom stereocenters. The third kappa shape index (κ3) is 5.56. The number of rotatable bonds is 8. The Labute approximate surface area is 160 Å². The molecule has 0 atom stereocenters. The SMILES string of the molecule is CCN(CC)Cc1ccccc1CNC(=O)c1cc(N)cc(C(=O)OC)c1. The first-order valence-corrected chi connectivity index (χ1v) is 9.04. The topological polar surface area (TPSA) is 84.7 Å². The van der Waals surface area contributed by atoms with E-state index < -0.39 is 5.97 Å². The van der Waals surface area contributed by atoms with Crippen molar-refractivity contribution in [2.24, 2.45) is 0 Å². The van der Waals surface area contributed by atoms with E-state index in [2.05, 4.69) is 30.1 Å². The van der Waals surface area contributed by atoms with Crippen LogP contribution < -0.4 is 11.1 Å². The van der Waals surface area contributed by atoms with Crippen LogP contribution in [0.3, 0.4) is 0 Å². The van der Waals surface area contributed by atoms with Crippen molar-refractivity contribution in [3.63, 3.8) is 0 Å². The highest BCUT2D eigenvalue weighted by Crippen LogP contribution is 2.15. The normalized spacial score (nSPS) is 10.7. The number of anilines is 1. The number of carbonyl (C=O) groups is 2. The number of nitrogens with zero attached hydrogens (tertiary/aromatic N) is 1. The van der Waals surface area contributed by atoms with E-state index in [1.54, 1.807) is 6.07 Å². The van der Waals surface area contributed by atoms with Gasteiger partial charge in [0, 0.05) is 24.3 Å². The highest BCUT2D eigenvalue weighted by Gasteiger charge is 2.13. The van der Waals surface area contributed by atoms with Crippen LogP contribution in [-0.2, 0) is 17.8 Å². The van der Waals surface area contributed by atoms with Gasteiger partial charge in [0.05, 0.1) is 12.7 Å². The standard InChI is InChI=1S/C21H27N3O3/c1-4-24(5-2)14-16-9-7-6-8-15(16)13-23-20(25)17-10-18(21(26)27-3)12-19(22)11-17/h6-12H,4-5,13-14,22H2,1-3H3,(H,23,25). The van der Waals surface area contributed by atoms with Crippen molar-refractivity contribution in [1.82, 2.24) is 10.2 Å². The van der Waals surface area contributed by atoms with Gasteiger partial charge >= 0.3 is 5.97 Å². The molecule has 0 heterocycles. The third-order valence-corrected chi connectivity index (χ3v) is 4.48. The summed E-state index contributed by atoms with van der Waals surface area (Å²) in [6, 6.07) is 12.6. The Morgan fingerprint density at radius 3 is 2.30 bits per heavy atom. The number of nitrogens with two attached hydrogens (primary N) is 1. The molecule has 2 aromatic rings. The monoisotopic (exact) mass is 369 g/mol. The molecule has 2 rings (SSSR count). The molecule has 0 fully saturated rings. The summed E-state index contributed by atoms with van der Waals surface area (Å²) in [5.41, 5.74) is 8.98. The lowest BCUT2D eigenvalue weighted by Gasteiger charge is -2.20. The fourth-order valence-corrected chi connectivity index (χ4v) is 2.87. The summed E-state index contributed by atoms with van der Waals surface area (Å²) in [4.78, 5) is 26.6. The van der Waals surface area contributed by atoms with Crippen molar-refractivity contribution in [3.8, 4) is 0 Å². The van der Waals surface area contributed by atoms with Gasteiger partial charge in [-0.2, -0.15) is 0 Å². The van der Waals surface area contributed by atoms with E-state index in [0.29, 0.717) is 17.8 Å². The molecule has 6 nitrogen and oxygen atoms in total. The van der Waals surface area contributed by atoms with Crippen LogP contribution in [0.15, 0.2) is 42.5 Å². The minimum Gasteiger partial charge on any atom is -0.465 e. The predicted molar refractivity (Wildman–Crippen MR) is 106 cm³/mol. The highest BCUT2D eigenvalue weighted by molar-refractivity contribution is 5.99. The van der Waals surface area contributed by atoms with Gasteiger partial charge in [0.2, 0.25) is 0 Å². The van der Waals surface area contributed by atoms with E-state index >= 15 is 0 Å². The van der Waals surface area contributed by atoms with Crippen LogP contribution in [-0.4, -0.2) is 37.0 Å². The molecule has 0 aliphatic heterocycles. The van der Waals surface area contributed by atoms with Gasteiger partial charge in [-0.3, -0.25) is 9.69 Å². The molecule has 1 amide bonds. The Morgan fingerprint density at radius 2 is 1.67 bits per heavy atom. The number of nitrogen functional groups attached to an aromatic ring is 1. The minimum absolute atomic E-state index is 0.254. The van der Waals surface area contributed by atoms with Gasteiger partial charge in [0.25, 0.3) is 5.91 Å². The van der Waals surface area contributed by atoms with Crippen molar-refractivity contribution in [2.45, 2.75) is 26.9 Å². The van der Waals surface area contributed by atoms with Crippen molar-refractivity contribution < 1.29 is 14.3 Å². The largest absolute Gasteiger partial charge is 0.465 e. The minimum atomic E-state index is -0.527. The number of hydrogen-bond acceptors (Lipinski definition) is 5. The van der Waals surface area contributed by atoms with Crippen molar-refractivity contribution in [2.75, 3.05) is 25.9 Å². The first-order valence-electron chi connectivity index (χ1n) is 9.04. The first kappa shape index (κ1) is 20.5. The van der Waals surface area contributed by atoms with Gasteiger partial charge in [-0.05, 0) is 42.4 Å². The zero-order valence-corrected chi connectivity index (χ0v) is 16.1. The number of hydrogen-bond donors (Lipinski definition) is 2. The van der Waals surface area contributed by atoms with Gasteiger partial charge in [-0.1, -0.05) is 38.1 Å². The number of ether oxygens (including phenoxy) is 1. The van der Waals surface area contributed by atoms with Gasteiger partial charge in [0.15, 0.2) is 0 Å². The molecular weight excluding hydrogens is 342 g/mol. The quantitative estimate of drug-likeness (QED) is 0.552. The number of esters is 1. The average molecular weight is 369 g/mol. The molecule has 0 aliphatic carbocycles. The number of benzene rings is 2. The van der Waals surface area contributed by atoms with Gasteiger partial charge in [-0.25, -0.2) is 4.79 Å². The molecule has 0 aliphatic rings. The molecule has 0 aromatic heterocycles. The summed E-state index contributed by atoms with van der Waals surface area (Å²) in [6.07, 6.45) is 0. The van der Waals surface area contributed by atoms with Gasteiger partial charge < -0.3 is 15.8 Å². The second-order valence-electron chi connectivity index (χ2n) is 6.25. The van der Waals surface area contributed by atoms with E-state index in [0.717, 1.165) is 25.2 Å². The molecule has 0 bridgehead atoms. The van der Waals surface area contributed by atoms with E-state index in [9.17, 15) is 9.59 Å². The molecule has 3 N–H and O–H groups in total. The smallest absolute Gasteiger partial charge is 0.337 e. The summed E-state index contributed by atoms with van der Waals surface area (Å²) in [6.45, 7) is 7.44. The fourth-order valence-electron chi connectivity index (χ4n) is 2.87. The Kier molecular flexibility index (Phi) is 7.37. The van der Waals surface area contributed by atoms with Crippen LogP contribution in [0.1, 0.15) is 45.7 Å². The number of nitrogens with one attached hydrogen (secondary N) is 1. The Balaban J connectivity index is 2.12. The van der Waals surface area contributed by atoms with Crippen LogP contribution in [0.25, 0.3) is 0 Å². The summed E-state index contributed by atoms with van der Waals surface area (Å²) in [5.74, 6) is -0.814. The summed E-state index contributed by atoms with van der Waals surface area (Å²) in [7, 11) is 1.29. The summed E-state index contributed by atoms with van der Waals surface area (Å²) >= 11 is 0. The van der Waals surface area contributed by atoms with Gasteiger partial charge in [-0.15, -0.1) is 0 Å². The van der Waals surface area contributed by atoms with Crippen molar-refractivity contribution >= 4 is 17.6 Å². The molecule has 6 heteroatoms. The lowest BCUT2D eigenvalue weighted by Crippen LogP contribution is -2.26. The Morgan fingerprint density at radius 1 is 1.04 bits per heavy atom. The van der Waals surface area contributed by atoms with Crippen LogP contribution in [0.2, 0.25) is 0 Å². The van der Waals surface area contributed by atoms with Crippen LogP contribution in [0, 0.1) is 0 Å². The van der Waals surface area contributed by atoms with Gasteiger partial charge in [0.1, 0.15) is 0 Å². The highest BCUT2D eigenvalue weighted by atomic mass is 16.5. The zero-order chi connectivity index (χ0) is 19.8. The molecule has 0 saturated carbocycles. The van der Waals surface area contributed by atoms with E-state index in [1.807, 2.05) is 18.2 Å². The molecule has 0 saturated heterocycles. The maximum atomic E-state index is 12.6. The summed E-state index contributed by atoms with van der Waals surface area (Å²) in [5, 5.41) is 2.91. The van der Waals surface area contributed by atoms with Crippen molar-refractivity contribution in [1.29, 1.82) is 0 Å². The van der Waals surface area contributed by atoms with E-state index in [4.69, 9.17) is 10.5 Å². The van der Waals surface area contributed by atoms with Crippen LogP contribution in [0.4, 0.5) is 5.69 Å². The Bertz CT molecular complexity index is 801. The fraction of sp³-hybridized carbons (Fsp3) is 0.333. The van der Waals surface area contributed by atoms with Crippen LogP contribution in [0.5, 0.6) is 0 Å². The molecular formula is C21H27N3O3. The van der Waals surface area contributed by atoms with Crippen LogP contribution >= 0.6 is 0 Å². The maximum absolute atomic E-state index is 12.6. The second kappa shape index (κ2) is 9.73. The number of amides is 1. The first-order chi connectivity index (χ1) is 13.0. The lowest BCUT2D eigenvalue weighted by molar-refractivity contribution is 0.0601. The number of methoxy groups -OCH3 is 1. The molecule has 0 radical (unpaired) electrons. The number of carbonyl (C=O) groups excluding carboxylic acids is 2. The van der Waals surface area contributed by atoms with E-state index in [-0.39, 0.29) is 11.5 Å². The predicted octanol–water partition coefficient (Wildman–Crippen LogP) is 2.83. The second-order valence-corrected chi connectivity index (χ2v) is 6.25. The third-order valence-electron chi connectivity index (χ3n) is 4.48. The molecule has 0 spiro atoms. The summed E-state index contributed by atoms with van der Waals surface area (Å²) < 4.78 is 4.70.